The maximum Gasteiger partial charge on any atom is 0.221 e. The number of fused-ring (bicyclic) bond motifs is 3. The minimum absolute atomic E-state index is 0.511. The molecule has 4 heterocycles. The summed E-state index contributed by atoms with van der Waals surface area (Å²) in [6, 6.07) is 32.2. The lowest BCUT2D eigenvalue weighted by atomic mass is 10.1. The largest absolute Gasteiger partial charge is 0.421 e. The lowest BCUT2D eigenvalue weighted by Crippen LogP contribution is -1.93. The van der Waals surface area contributed by atoms with Gasteiger partial charge in [0.15, 0.2) is 0 Å². The number of nitrogens with zero attached hydrogens (tertiary/aromatic N) is 3. The van der Waals surface area contributed by atoms with E-state index < -0.39 is 0 Å². The van der Waals surface area contributed by atoms with Crippen molar-refractivity contribution in [1.29, 1.82) is 0 Å². The molecular formula is C28H19N3OS. The van der Waals surface area contributed by atoms with Crippen molar-refractivity contribution in [3.8, 4) is 34.3 Å². The number of thiophene rings is 1. The van der Waals surface area contributed by atoms with E-state index >= 15 is 0 Å². The van der Waals surface area contributed by atoms with Crippen LogP contribution in [0.25, 0.3) is 42.8 Å². The second-order valence-corrected chi connectivity index (χ2v) is 8.78. The molecule has 0 aliphatic rings. The van der Waals surface area contributed by atoms with E-state index in [0.29, 0.717) is 11.8 Å². The summed E-state index contributed by atoms with van der Waals surface area (Å²) >= 11 is 1.70. The molecule has 0 aliphatic carbocycles. The first-order valence-electron chi connectivity index (χ1n) is 10.7. The van der Waals surface area contributed by atoms with Gasteiger partial charge in [0.25, 0.3) is 0 Å². The number of hydrogen-bond donors (Lipinski definition) is 0. The Morgan fingerprint density at radius 1 is 0.606 bits per heavy atom. The molecule has 6 aromatic rings. The van der Waals surface area contributed by atoms with Crippen LogP contribution in [0.15, 0.2) is 97.1 Å². The maximum atomic E-state index is 6.06. The summed E-state index contributed by atoms with van der Waals surface area (Å²) in [7, 11) is 0. The van der Waals surface area contributed by atoms with Gasteiger partial charge in [0.05, 0.1) is 11.4 Å². The normalized spacial score (nSPS) is 11.2. The molecule has 0 unspecified atom stereocenters. The summed E-state index contributed by atoms with van der Waals surface area (Å²) in [4.78, 5) is 15.2. The highest BCUT2D eigenvalue weighted by molar-refractivity contribution is 7.26. The molecule has 0 atom stereocenters. The maximum absolute atomic E-state index is 6.06. The first-order valence-corrected chi connectivity index (χ1v) is 11.5. The van der Waals surface area contributed by atoms with Gasteiger partial charge in [0.1, 0.15) is 4.83 Å². The zero-order valence-corrected chi connectivity index (χ0v) is 18.7. The molecule has 158 valence electrons. The van der Waals surface area contributed by atoms with Crippen LogP contribution in [-0.4, -0.2) is 15.0 Å². The molecule has 0 aliphatic heterocycles. The first-order chi connectivity index (χ1) is 16.2. The molecule has 0 amide bonds. The van der Waals surface area contributed by atoms with Crippen LogP contribution in [0.3, 0.4) is 0 Å². The Labute approximate surface area is 195 Å². The van der Waals surface area contributed by atoms with E-state index in [2.05, 4.69) is 35.3 Å². The van der Waals surface area contributed by atoms with E-state index in [1.807, 2.05) is 73.7 Å². The fourth-order valence-electron chi connectivity index (χ4n) is 3.94. The third kappa shape index (κ3) is 3.73. The van der Waals surface area contributed by atoms with Crippen LogP contribution < -0.4 is 4.74 Å². The molecule has 0 saturated carbocycles. The zero-order chi connectivity index (χ0) is 22.2. The van der Waals surface area contributed by atoms with Crippen molar-refractivity contribution in [3.63, 3.8) is 0 Å². The van der Waals surface area contributed by atoms with E-state index in [0.717, 1.165) is 33.0 Å². The summed E-state index contributed by atoms with van der Waals surface area (Å²) in [5.74, 6) is 1.03. The van der Waals surface area contributed by atoms with E-state index in [1.54, 1.807) is 11.3 Å². The summed E-state index contributed by atoms with van der Waals surface area (Å²) in [6.07, 6.45) is 0. The number of ether oxygens (including phenoxy) is 1. The smallest absolute Gasteiger partial charge is 0.221 e. The predicted octanol–water partition coefficient (Wildman–Crippen LogP) is 7.67. The fraction of sp³-hybridized carbons (Fsp3) is 0.0357. The van der Waals surface area contributed by atoms with E-state index in [1.165, 1.54) is 15.5 Å². The van der Waals surface area contributed by atoms with Gasteiger partial charge < -0.3 is 4.74 Å². The van der Waals surface area contributed by atoms with Crippen molar-refractivity contribution >= 4 is 31.6 Å². The van der Waals surface area contributed by atoms with E-state index in [9.17, 15) is 0 Å². The van der Waals surface area contributed by atoms with Crippen molar-refractivity contribution < 1.29 is 4.74 Å². The van der Waals surface area contributed by atoms with Gasteiger partial charge in [-0.15, -0.1) is 11.3 Å². The third-order valence-corrected chi connectivity index (χ3v) is 6.65. The summed E-state index contributed by atoms with van der Waals surface area (Å²) in [5, 5.41) is 2.38. The van der Waals surface area contributed by atoms with Crippen LogP contribution >= 0.6 is 11.3 Å². The molecule has 4 nitrogen and oxygen atoms in total. The quantitative estimate of drug-likeness (QED) is 0.279. The predicted molar refractivity (Wildman–Crippen MR) is 135 cm³/mol. The Balaban J connectivity index is 1.38. The number of benzene rings is 2. The van der Waals surface area contributed by atoms with Crippen molar-refractivity contribution in [1.82, 2.24) is 15.0 Å². The zero-order valence-electron chi connectivity index (χ0n) is 17.9. The molecule has 0 fully saturated rings. The van der Waals surface area contributed by atoms with Crippen molar-refractivity contribution in [2.45, 2.75) is 6.92 Å². The van der Waals surface area contributed by atoms with Crippen molar-refractivity contribution in [2.75, 3.05) is 0 Å². The second kappa shape index (κ2) is 8.11. The Hall–Kier alpha value is -4.09. The number of rotatable bonds is 4. The Bertz CT molecular complexity index is 1610. The molecule has 2 aromatic carbocycles. The van der Waals surface area contributed by atoms with Gasteiger partial charge >= 0.3 is 0 Å². The molecule has 6 rings (SSSR count). The molecule has 0 bridgehead atoms. The van der Waals surface area contributed by atoms with Crippen LogP contribution in [0.4, 0.5) is 0 Å². The van der Waals surface area contributed by atoms with Gasteiger partial charge in [-0.25, -0.2) is 15.0 Å². The fourth-order valence-corrected chi connectivity index (χ4v) is 5.18. The molecule has 0 radical (unpaired) electrons. The number of aryl methyl sites for hydroxylation is 1. The van der Waals surface area contributed by atoms with Gasteiger partial charge in [0.2, 0.25) is 11.8 Å². The minimum Gasteiger partial charge on any atom is -0.421 e. The second-order valence-electron chi connectivity index (χ2n) is 7.78. The lowest BCUT2D eigenvalue weighted by Gasteiger charge is -2.08. The number of aromatic nitrogens is 3. The van der Waals surface area contributed by atoms with Crippen LogP contribution in [0, 0.1) is 6.92 Å². The molecule has 0 spiro atoms. The minimum atomic E-state index is 0.511. The van der Waals surface area contributed by atoms with Gasteiger partial charge in [-0.05, 0) is 31.2 Å². The highest BCUT2D eigenvalue weighted by atomic mass is 32.1. The summed E-state index contributed by atoms with van der Waals surface area (Å²) < 4.78 is 7.24. The highest BCUT2D eigenvalue weighted by Crippen LogP contribution is 2.39. The van der Waals surface area contributed by atoms with Crippen LogP contribution in [-0.2, 0) is 0 Å². The van der Waals surface area contributed by atoms with E-state index in [4.69, 9.17) is 14.7 Å². The molecule has 33 heavy (non-hydrogen) atoms. The molecular weight excluding hydrogens is 426 g/mol. The standard InChI is InChI=1S/C28H19N3OS/c1-18-16-17-21-20-10-5-11-22(27(20)33-28(21)29-18)24-13-7-15-26(31-24)32-25-14-6-12-23(30-25)19-8-3-2-4-9-19/h2-17H,1H3. The Morgan fingerprint density at radius 3 is 2.15 bits per heavy atom. The molecule has 0 N–H and O–H groups in total. The molecule has 0 saturated heterocycles. The summed E-state index contributed by atoms with van der Waals surface area (Å²) in [5.41, 5.74) is 4.87. The van der Waals surface area contributed by atoms with Crippen LogP contribution in [0.2, 0.25) is 0 Å². The Morgan fingerprint density at radius 2 is 1.33 bits per heavy atom. The lowest BCUT2D eigenvalue weighted by molar-refractivity contribution is 0.446. The van der Waals surface area contributed by atoms with Crippen molar-refractivity contribution in [3.05, 3.63) is 103 Å². The first kappa shape index (κ1) is 19.6. The van der Waals surface area contributed by atoms with Crippen LogP contribution in [0.5, 0.6) is 11.8 Å². The van der Waals surface area contributed by atoms with E-state index in [-0.39, 0.29) is 0 Å². The molecule has 5 heteroatoms. The summed E-state index contributed by atoms with van der Waals surface area (Å²) in [6.45, 7) is 2.02. The average molecular weight is 446 g/mol. The molecule has 4 aromatic heterocycles. The number of hydrogen-bond acceptors (Lipinski definition) is 5. The number of pyridine rings is 3. The van der Waals surface area contributed by atoms with Crippen LogP contribution in [0.1, 0.15) is 5.69 Å². The van der Waals surface area contributed by atoms with Gasteiger partial charge in [-0.1, -0.05) is 60.7 Å². The van der Waals surface area contributed by atoms with Gasteiger partial charge in [-0.2, -0.15) is 0 Å². The van der Waals surface area contributed by atoms with Gasteiger partial charge in [0, 0.05) is 44.4 Å². The SMILES string of the molecule is Cc1ccc2c(n1)sc1c(-c3cccc(Oc4cccc(-c5ccccc5)n4)n3)cccc12. The highest BCUT2D eigenvalue weighted by Gasteiger charge is 2.13. The topological polar surface area (TPSA) is 47.9 Å². The average Bonchev–Trinajstić information content (AvgIpc) is 3.22. The third-order valence-electron chi connectivity index (χ3n) is 5.51. The van der Waals surface area contributed by atoms with Crippen molar-refractivity contribution in [2.24, 2.45) is 0 Å². The monoisotopic (exact) mass is 445 g/mol. The Kier molecular flexibility index (Phi) is 4.82. The van der Waals surface area contributed by atoms with Gasteiger partial charge in [-0.3, -0.25) is 0 Å².